The van der Waals surface area contributed by atoms with Crippen molar-refractivity contribution in [1.82, 2.24) is 14.5 Å². The van der Waals surface area contributed by atoms with Gasteiger partial charge < -0.3 is 5.32 Å². The third kappa shape index (κ3) is 2.25. The molecular weight excluding hydrogens is 288 g/mol. The number of anilines is 1. The maximum Gasteiger partial charge on any atom is 0.355 e. The molecule has 0 aliphatic heterocycles. The first-order valence-electron chi connectivity index (χ1n) is 6.44. The summed E-state index contributed by atoms with van der Waals surface area (Å²) in [5.74, 6) is 1.08. The number of aromatic nitrogens is 3. The van der Waals surface area contributed by atoms with Crippen LogP contribution in [0.15, 0.2) is 41.3 Å². The molecule has 0 spiro atoms. The Balaban J connectivity index is 2.48. The third-order valence-corrected chi connectivity index (χ3v) is 3.52. The highest BCUT2D eigenvalue weighted by atomic mass is 35.5. The fourth-order valence-electron chi connectivity index (χ4n) is 2.31. The number of nitrogens with one attached hydrogen (secondary N) is 1. The number of benzene rings is 1. The highest BCUT2D eigenvalue weighted by molar-refractivity contribution is 6.31. The van der Waals surface area contributed by atoms with Gasteiger partial charge in [-0.3, -0.25) is 0 Å². The standard InChI is InChI=1S/C15H13ClN4O/c1-9-4-3-7-18-14(9)20-12-8-10(16)5-6-11(12)13(17-2)19-15(20)21/h3-8H,1-2H3,(H,17,19,21). The lowest BCUT2D eigenvalue weighted by Gasteiger charge is -2.13. The second-order valence-corrected chi connectivity index (χ2v) is 5.07. The van der Waals surface area contributed by atoms with E-state index in [1.165, 1.54) is 4.57 Å². The molecule has 106 valence electrons. The fraction of sp³-hybridized carbons (Fsp3) is 0.133. The Hall–Kier alpha value is -2.40. The van der Waals surface area contributed by atoms with Gasteiger partial charge in [-0.1, -0.05) is 17.7 Å². The molecule has 0 atom stereocenters. The zero-order valence-electron chi connectivity index (χ0n) is 11.6. The van der Waals surface area contributed by atoms with E-state index in [0.717, 1.165) is 10.9 Å². The lowest BCUT2D eigenvalue weighted by Crippen LogP contribution is -2.24. The summed E-state index contributed by atoms with van der Waals surface area (Å²) in [4.78, 5) is 20.8. The highest BCUT2D eigenvalue weighted by Gasteiger charge is 2.13. The Morgan fingerprint density at radius 2 is 2.10 bits per heavy atom. The van der Waals surface area contributed by atoms with E-state index in [-0.39, 0.29) is 0 Å². The average molecular weight is 301 g/mol. The van der Waals surface area contributed by atoms with Gasteiger partial charge in [-0.05, 0) is 36.8 Å². The molecule has 3 aromatic rings. The van der Waals surface area contributed by atoms with Crippen LogP contribution >= 0.6 is 11.6 Å². The molecule has 1 aromatic carbocycles. The van der Waals surface area contributed by atoms with Crippen molar-refractivity contribution in [3.8, 4) is 5.82 Å². The Morgan fingerprint density at radius 1 is 1.29 bits per heavy atom. The predicted molar refractivity (Wildman–Crippen MR) is 84.4 cm³/mol. The van der Waals surface area contributed by atoms with E-state index in [4.69, 9.17) is 11.6 Å². The quantitative estimate of drug-likeness (QED) is 0.790. The minimum Gasteiger partial charge on any atom is -0.372 e. The molecule has 0 fully saturated rings. The van der Waals surface area contributed by atoms with Gasteiger partial charge >= 0.3 is 5.69 Å². The smallest absolute Gasteiger partial charge is 0.355 e. The lowest BCUT2D eigenvalue weighted by atomic mass is 10.2. The van der Waals surface area contributed by atoms with E-state index in [2.05, 4.69) is 15.3 Å². The number of nitrogens with zero attached hydrogens (tertiary/aromatic N) is 3. The van der Waals surface area contributed by atoms with Crippen molar-refractivity contribution in [3.05, 3.63) is 57.6 Å². The Morgan fingerprint density at radius 3 is 2.81 bits per heavy atom. The van der Waals surface area contributed by atoms with E-state index in [0.29, 0.717) is 22.2 Å². The van der Waals surface area contributed by atoms with Gasteiger partial charge in [0, 0.05) is 23.7 Å². The molecule has 0 bridgehead atoms. The topological polar surface area (TPSA) is 59.8 Å². The van der Waals surface area contributed by atoms with Crippen molar-refractivity contribution >= 4 is 28.3 Å². The first-order chi connectivity index (χ1) is 10.1. The second-order valence-electron chi connectivity index (χ2n) is 4.63. The molecule has 2 aromatic heterocycles. The maximum atomic E-state index is 12.4. The van der Waals surface area contributed by atoms with Gasteiger partial charge in [-0.15, -0.1) is 0 Å². The minimum absolute atomic E-state index is 0.393. The van der Waals surface area contributed by atoms with E-state index in [9.17, 15) is 4.79 Å². The number of fused-ring (bicyclic) bond motifs is 1. The van der Waals surface area contributed by atoms with Crippen LogP contribution in [0.25, 0.3) is 16.7 Å². The van der Waals surface area contributed by atoms with Crippen LogP contribution in [0.1, 0.15) is 5.56 Å². The van der Waals surface area contributed by atoms with Crippen molar-refractivity contribution in [2.75, 3.05) is 12.4 Å². The monoisotopic (exact) mass is 300 g/mol. The van der Waals surface area contributed by atoms with Crippen molar-refractivity contribution in [3.63, 3.8) is 0 Å². The molecule has 0 aliphatic rings. The number of hydrogen-bond donors (Lipinski definition) is 1. The lowest BCUT2D eigenvalue weighted by molar-refractivity contribution is 0.913. The first-order valence-corrected chi connectivity index (χ1v) is 6.81. The van der Waals surface area contributed by atoms with Crippen LogP contribution in [-0.4, -0.2) is 21.6 Å². The molecule has 3 rings (SSSR count). The summed E-state index contributed by atoms with van der Waals surface area (Å²) >= 11 is 6.09. The van der Waals surface area contributed by atoms with Crippen molar-refractivity contribution in [2.45, 2.75) is 6.92 Å². The number of pyridine rings is 1. The summed E-state index contributed by atoms with van der Waals surface area (Å²) in [6.45, 7) is 1.90. The average Bonchev–Trinajstić information content (AvgIpc) is 2.47. The molecule has 0 amide bonds. The molecular formula is C15H13ClN4O. The maximum absolute atomic E-state index is 12.4. The zero-order valence-corrected chi connectivity index (χ0v) is 12.3. The Bertz CT molecular complexity index is 888. The van der Waals surface area contributed by atoms with E-state index in [1.54, 1.807) is 25.4 Å². The van der Waals surface area contributed by atoms with E-state index < -0.39 is 5.69 Å². The largest absolute Gasteiger partial charge is 0.372 e. The van der Waals surface area contributed by atoms with E-state index >= 15 is 0 Å². The molecule has 0 saturated carbocycles. The SMILES string of the molecule is CNc1nc(=O)n(-c2ncccc2C)c2cc(Cl)ccc12. The second kappa shape index (κ2) is 5.18. The molecule has 6 heteroatoms. The number of halogens is 1. The molecule has 21 heavy (non-hydrogen) atoms. The van der Waals surface area contributed by atoms with Gasteiger partial charge in [-0.2, -0.15) is 4.98 Å². The van der Waals surface area contributed by atoms with Crippen molar-refractivity contribution in [2.24, 2.45) is 0 Å². The number of aryl methyl sites for hydroxylation is 1. The van der Waals surface area contributed by atoms with Crippen LogP contribution in [-0.2, 0) is 0 Å². The van der Waals surface area contributed by atoms with Gasteiger partial charge in [0.25, 0.3) is 0 Å². The number of hydrogen-bond acceptors (Lipinski definition) is 4. The molecule has 0 aliphatic carbocycles. The van der Waals surface area contributed by atoms with Crippen LogP contribution in [0.4, 0.5) is 5.82 Å². The van der Waals surface area contributed by atoms with Crippen LogP contribution < -0.4 is 11.0 Å². The van der Waals surface area contributed by atoms with Crippen LogP contribution in [0.3, 0.4) is 0 Å². The van der Waals surface area contributed by atoms with Gasteiger partial charge in [0.1, 0.15) is 11.6 Å². The normalized spacial score (nSPS) is 10.8. The molecule has 2 heterocycles. The van der Waals surface area contributed by atoms with Crippen molar-refractivity contribution < 1.29 is 0 Å². The van der Waals surface area contributed by atoms with Gasteiger partial charge in [0.2, 0.25) is 0 Å². The first kappa shape index (κ1) is 13.6. The highest BCUT2D eigenvalue weighted by Crippen LogP contribution is 2.25. The van der Waals surface area contributed by atoms with Crippen LogP contribution in [0, 0.1) is 6.92 Å². The van der Waals surface area contributed by atoms with Gasteiger partial charge in [-0.25, -0.2) is 14.3 Å². The summed E-state index contributed by atoms with van der Waals surface area (Å²) in [6, 6.07) is 9.08. The molecule has 1 N–H and O–H groups in total. The molecule has 0 saturated heterocycles. The summed E-state index contributed by atoms with van der Waals surface area (Å²) in [5, 5.41) is 4.30. The number of rotatable bonds is 2. The Kier molecular flexibility index (Phi) is 3.35. The van der Waals surface area contributed by atoms with Crippen molar-refractivity contribution in [1.29, 1.82) is 0 Å². The van der Waals surface area contributed by atoms with Gasteiger partial charge in [0.15, 0.2) is 0 Å². The zero-order chi connectivity index (χ0) is 15.0. The van der Waals surface area contributed by atoms with Crippen LogP contribution in [0.2, 0.25) is 5.02 Å². The molecule has 0 unspecified atom stereocenters. The van der Waals surface area contributed by atoms with Gasteiger partial charge in [0.05, 0.1) is 5.52 Å². The summed E-state index contributed by atoms with van der Waals surface area (Å²) in [5.41, 5.74) is 1.17. The van der Waals surface area contributed by atoms with E-state index in [1.807, 2.05) is 25.1 Å². The minimum atomic E-state index is -0.393. The summed E-state index contributed by atoms with van der Waals surface area (Å²) in [6.07, 6.45) is 1.65. The fourth-order valence-corrected chi connectivity index (χ4v) is 2.47. The third-order valence-electron chi connectivity index (χ3n) is 3.28. The molecule has 5 nitrogen and oxygen atoms in total. The summed E-state index contributed by atoms with van der Waals surface area (Å²) < 4.78 is 1.48. The summed E-state index contributed by atoms with van der Waals surface area (Å²) in [7, 11) is 1.73. The van der Waals surface area contributed by atoms with Crippen LogP contribution in [0.5, 0.6) is 0 Å². The Labute approximate surface area is 126 Å². The predicted octanol–water partition coefficient (Wildman–Crippen LogP) is 2.78. The molecule has 0 radical (unpaired) electrons.